The highest BCUT2D eigenvalue weighted by Crippen LogP contribution is 2.17. The molecule has 1 atom stereocenters. The minimum Gasteiger partial charge on any atom is -0.489 e. The second-order valence-corrected chi connectivity index (χ2v) is 6.11. The van der Waals surface area contributed by atoms with Gasteiger partial charge in [-0.3, -0.25) is 4.68 Å². The quantitative estimate of drug-likeness (QED) is 0.353. The van der Waals surface area contributed by atoms with Gasteiger partial charge in [-0.05, 0) is 44.4 Å². The molecule has 0 radical (unpaired) electrons. The summed E-state index contributed by atoms with van der Waals surface area (Å²) in [4.78, 5) is 4.62. The molecule has 6 nitrogen and oxygen atoms in total. The fourth-order valence-corrected chi connectivity index (χ4v) is 2.43. The van der Waals surface area contributed by atoms with Crippen LogP contribution in [0.2, 0.25) is 0 Å². The highest BCUT2D eigenvalue weighted by molar-refractivity contribution is 14.0. The predicted octanol–water partition coefficient (Wildman–Crippen LogP) is 2.91. The summed E-state index contributed by atoms with van der Waals surface area (Å²) in [6.07, 6.45) is 4.84. The third kappa shape index (κ3) is 7.63. The Kier molecular flexibility index (Phi) is 10.1. The summed E-state index contributed by atoms with van der Waals surface area (Å²) >= 11 is 0. The Labute approximate surface area is 173 Å². The summed E-state index contributed by atoms with van der Waals surface area (Å²) in [6, 6.07) is 8.05. The van der Waals surface area contributed by atoms with Crippen molar-refractivity contribution in [2.45, 2.75) is 33.3 Å². The number of ether oxygens (including phenoxy) is 1. The molecule has 7 heteroatoms. The van der Waals surface area contributed by atoms with Crippen molar-refractivity contribution in [1.82, 2.24) is 20.4 Å². The Bertz CT molecular complexity index is 686. The van der Waals surface area contributed by atoms with Gasteiger partial charge in [0.2, 0.25) is 0 Å². The van der Waals surface area contributed by atoms with E-state index < -0.39 is 0 Å². The molecule has 0 saturated carbocycles. The standard InChI is InChI=1S/C19H29N5O.HI/c1-5-20-19(21-11-10-17-13-23-24(4)14-17)22-12-16(3)25-18-9-7-6-8-15(18)2;/h6-9,13-14,16H,5,10-12H2,1-4H3,(H2,20,21,22);1H. The summed E-state index contributed by atoms with van der Waals surface area (Å²) in [5, 5.41) is 10.8. The van der Waals surface area contributed by atoms with E-state index in [9.17, 15) is 0 Å². The van der Waals surface area contributed by atoms with Gasteiger partial charge in [0.05, 0.1) is 12.7 Å². The van der Waals surface area contributed by atoms with Gasteiger partial charge in [0.25, 0.3) is 0 Å². The molecule has 1 unspecified atom stereocenters. The van der Waals surface area contributed by atoms with Gasteiger partial charge in [0, 0.05) is 26.3 Å². The first-order valence-electron chi connectivity index (χ1n) is 8.80. The van der Waals surface area contributed by atoms with Crippen molar-refractivity contribution < 1.29 is 4.74 Å². The third-order valence-electron chi connectivity index (χ3n) is 3.74. The normalized spacial score (nSPS) is 12.2. The summed E-state index contributed by atoms with van der Waals surface area (Å²) < 4.78 is 7.80. The lowest BCUT2D eigenvalue weighted by Gasteiger charge is -2.16. The van der Waals surface area contributed by atoms with Crippen LogP contribution in [0.1, 0.15) is 25.0 Å². The van der Waals surface area contributed by atoms with Gasteiger partial charge in [-0.2, -0.15) is 5.10 Å². The van der Waals surface area contributed by atoms with Crippen molar-refractivity contribution in [2.24, 2.45) is 12.0 Å². The molecule has 0 aliphatic carbocycles. The van der Waals surface area contributed by atoms with Crippen molar-refractivity contribution in [3.63, 3.8) is 0 Å². The fraction of sp³-hybridized carbons (Fsp3) is 0.474. The number of hydrogen-bond acceptors (Lipinski definition) is 3. The number of guanidine groups is 1. The van der Waals surface area contributed by atoms with Gasteiger partial charge in [-0.1, -0.05) is 18.2 Å². The van der Waals surface area contributed by atoms with E-state index in [1.54, 1.807) is 0 Å². The molecule has 0 spiro atoms. The molecule has 0 bridgehead atoms. The van der Waals surface area contributed by atoms with E-state index in [2.05, 4.69) is 40.6 Å². The molecule has 2 rings (SSSR count). The number of halogens is 1. The predicted molar refractivity (Wildman–Crippen MR) is 118 cm³/mol. The molecule has 0 aliphatic heterocycles. The van der Waals surface area contributed by atoms with E-state index in [1.165, 1.54) is 5.56 Å². The topological polar surface area (TPSA) is 63.5 Å². The number of nitrogens with one attached hydrogen (secondary N) is 2. The minimum absolute atomic E-state index is 0. The van der Waals surface area contributed by atoms with Crippen LogP contribution in [0.4, 0.5) is 0 Å². The molecule has 0 amide bonds. The van der Waals surface area contributed by atoms with Gasteiger partial charge in [0.1, 0.15) is 11.9 Å². The first-order chi connectivity index (χ1) is 12.1. The molecule has 26 heavy (non-hydrogen) atoms. The van der Waals surface area contributed by atoms with Crippen LogP contribution in [-0.4, -0.2) is 41.5 Å². The minimum atomic E-state index is 0. The summed E-state index contributed by atoms with van der Waals surface area (Å²) in [7, 11) is 1.93. The Morgan fingerprint density at radius 2 is 2.08 bits per heavy atom. The van der Waals surface area contributed by atoms with E-state index in [0.29, 0.717) is 6.54 Å². The van der Waals surface area contributed by atoms with Crippen LogP contribution < -0.4 is 15.4 Å². The Morgan fingerprint density at radius 1 is 1.31 bits per heavy atom. The highest BCUT2D eigenvalue weighted by atomic mass is 127. The van der Waals surface area contributed by atoms with Crippen LogP contribution in [0.15, 0.2) is 41.7 Å². The largest absolute Gasteiger partial charge is 0.489 e. The van der Waals surface area contributed by atoms with Crippen molar-refractivity contribution in [2.75, 3.05) is 19.6 Å². The van der Waals surface area contributed by atoms with Gasteiger partial charge >= 0.3 is 0 Å². The second kappa shape index (κ2) is 11.8. The maximum Gasteiger partial charge on any atom is 0.191 e. The van der Waals surface area contributed by atoms with Crippen LogP contribution >= 0.6 is 24.0 Å². The number of aryl methyl sites for hydroxylation is 2. The van der Waals surface area contributed by atoms with Crippen LogP contribution in [0.5, 0.6) is 5.75 Å². The zero-order valence-corrected chi connectivity index (χ0v) is 18.4. The zero-order chi connectivity index (χ0) is 18.1. The Morgan fingerprint density at radius 3 is 2.73 bits per heavy atom. The average molecular weight is 471 g/mol. The number of aromatic nitrogens is 2. The van der Waals surface area contributed by atoms with E-state index >= 15 is 0 Å². The van der Waals surface area contributed by atoms with Crippen molar-refractivity contribution >= 4 is 29.9 Å². The lowest BCUT2D eigenvalue weighted by atomic mass is 10.2. The lowest BCUT2D eigenvalue weighted by Crippen LogP contribution is -2.39. The van der Waals surface area contributed by atoms with Crippen LogP contribution in [0.3, 0.4) is 0 Å². The number of benzene rings is 1. The number of rotatable bonds is 8. The smallest absolute Gasteiger partial charge is 0.191 e. The number of para-hydroxylation sites is 1. The molecule has 0 aliphatic rings. The molecule has 0 fully saturated rings. The molecular weight excluding hydrogens is 441 g/mol. The number of aliphatic imine (C=N–C) groups is 1. The van der Waals surface area contributed by atoms with E-state index in [1.807, 2.05) is 49.2 Å². The summed E-state index contributed by atoms with van der Waals surface area (Å²) in [5.74, 6) is 1.73. The van der Waals surface area contributed by atoms with Crippen LogP contribution in [0, 0.1) is 6.92 Å². The van der Waals surface area contributed by atoms with Gasteiger partial charge in [-0.25, -0.2) is 4.99 Å². The molecule has 2 aromatic rings. The Hall–Kier alpha value is -1.77. The van der Waals surface area contributed by atoms with Crippen molar-refractivity contribution in [3.8, 4) is 5.75 Å². The fourth-order valence-electron chi connectivity index (χ4n) is 2.43. The van der Waals surface area contributed by atoms with Crippen molar-refractivity contribution in [3.05, 3.63) is 47.8 Å². The zero-order valence-electron chi connectivity index (χ0n) is 16.0. The van der Waals surface area contributed by atoms with Crippen molar-refractivity contribution in [1.29, 1.82) is 0 Å². The van der Waals surface area contributed by atoms with Gasteiger partial charge < -0.3 is 15.4 Å². The Balaban J connectivity index is 0.00000338. The number of hydrogen-bond donors (Lipinski definition) is 2. The SMILES string of the molecule is CCNC(=NCC(C)Oc1ccccc1C)NCCc1cnn(C)c1.I. The van der Waals surface area contributed by atoms with E-state index in [0.717, 1.165) is 36.8 Å². The third-order valence-corrected chi connectivity index (χ3v) is 3.74. The van der Waals surface area contributed by atoms with Crippen LogP contribution in [0.25, 0.3) is 0 Å². The average Bonchev–Trinajstić information content (AvgIpc) is 3.00. The van der Waals surface area contributed by atoms with Gasteiger partial charge in [-0.15, -0.1) is 24.0 Å². The molecule has 0 saturated heterocycles. The maximum atomic E-state index is 5.98. The molecule has 1 heterocycles. The molecule has 1 aromatic heterocycles. The molecule has 2 N–H and O–H groups in total. The van der Waals surface area contributed by atoms with Crippen LogP contribution in [-0.2, 0) is 13.5 Å². The number of nitrogens with zero attached hydrogens (tertiary/aromatic N) is 3. The molecule has 144 valence electrons. The van der Waals surface area contributed by atoms with E-state index in [-0.39, 0.29) is 30.1 Å². The maximum absolute atomic E-state index is 5.98. The molecular formula is C19H30IN5O. The summed E-state index contributed by atoms with van der Waals surface area (Å²) in [6.45, 7) is 8.38. The lowest BCUT2D eigenvalue weighted by molar-refractivity contribution is 0.228. The molecule has 1 aromatic carbocycles. The second-order valence-electron chi connectivity index (χ2n) is 6.11. The highest BCUT2D eigenvalue weighted by Gasteiger charge is 2.06. The summed E-state index contributed by atoms with van der Waals surface area (Å²) in [5.41, 5.74) is 2.35. The van der Waals surface area contributed by atoms with E-state index in [4.69, 9.17) is 4.74 Å². The first kappa shape index (κ1) is 22.3. The first-order valence-corrected chi connectivity index (χ1v) is 8.80. The van der Waals surface area contributed by atoms with Gasteiger partial charge in [0.15, 0.2) is 5.96 Å². The monoisotopic (exact) mass is 471 g/mol.